The Labute approximate surface area is 156 Å². The van der Waals surface area contributed by atoms with Crippen molar-refractivity contribution in [1.29, 1.82) is 0 Å². The van der Waals surface area contributed by atoms with E-state index < -0.39 is 0 Å². The Kier molecular flexibility index (Phi) is 6.70. The summed E-state index contributed by atoms with van der Waals surface area (Å²) in [5, 5.41) is 7.18. The van der Waals surface area contributed by atoms with Crippen molar-refractivity contribution < 1.29 is 14.1 Å². The molecule has 6 heteroatoms. The maximum absolute atomic E-state index is 12.6. The fourth-order valence-corrected chi connectivity index (χ4v) is 4.29. The molecule has 3 rings (SSSR count). The van der Waals surface area contributed by atoms with E-state index in [1.807, 2.05) is 0 Å². The summed E-state index contributed by atoms with van der Waals surface area (Å²) in [6.45, 7) is 8.42. The average Bonchev–Trinajstić information content (AvgIpc) is 2.96. The molecule has 0 unspecified atom stereocenters. The zero-order valence-corrected chi connectivity index (χ0v) is 16.3. The molecule has 1 amide bonds. The first-order chi connectivity index (χ1) is 12.6. The van der Waals surface area contributed by atoms with E-state index >= 15 is 0 Å². The fourth-order valence-electron chi connectivity index (χ4n) is 4.29. The van der Waals surface area contributed by atoms with E-state index in [0.29, 0.717) is 18.2 Å². The van der Waals surface area contributed by atoms with Gasteiger partial charge in [0, 0.05) is 31.2 Å². The first-order valence-electron chi connectivity index (χ1n) is 10.2. The average molecular weight is 364 g/mol. The van der Waals surface area contributed by atoms with Crippen molar-refractivity contribution in [2.45, 2.75) is 64.3 Å². The topological polar surface area (TPSA) is 67.6 Å². The summed E-state index contributed by atoms with van der Waals surface area (Å²) in [6, 6.07) is 1.78. The molecule has 1 aliphatic heterocycles. The summed E-state index contributed by atoms with van der Waals surface area (Å²) in [5.74, 6) is 0.669. The van der Waals surface area contributed by atoms with Crippen LogP contribution in [0.3, 0.4) is 0 Å². The number of hydrogen-bond donors (Lipinski definition) is 1. The molecule has 1 aromatic rings. The van der Waals surface area contributed by atoms with Gasteiger partial charge in [0.2, 0.25) is 5.76 Å². The third-order valence-electron chi connectivity index (χ3n) is 5.69. The van der Waals surface area contributed by atoms with Crippen LogP contribution in [0.4, 0.5) is 0 Å². The SMILES string of the molecule is CC(C)Cc1cc(C(=O)NCC2(N3CCOCC3)CCCCCC2)on1. The molecular formula is C20H33N3O3. The molecule has 0 aromatic carbocycles. The Bertz CT molecular complexity index is 571. The normalized spacial score (nSPS) is 21.5. The van der Waals surface area contributed by atoms with Gasteiger partial charge in [-0.15, -0.1) is 0 Å². The Morgan fingerprint density at radius 2 is 1.92 bits per heavy atom. The highest BCUT2D eigenvalue weighted by Crippen LogP contribution is 2.33. The molecule has 26 heavy (non-hydrogen) atoms. The molecule has 146 valence electrons. The standard InChI is InChI=1S/C20H33N3O3/c1-16(2)13-17-14-18(26-22-17)19(24)21-15-20(7-5-3-4-6-8-20)23-9-11-25-12-10-23/h14,16H,3-13,15H2,1-2H3,(H,21,24). The summed E-state index contributed by atoms with van der Waals surface area (Å²) in [4.78, 5) is 15.2. The van der Waals surface area contributed by atoms with Gasteiger partial charge in [0.1, 0.15) is 0 Å². The van der Waals surface area contributed by atoms with Gasteiger partial charge >= 0.3 is 0 Å². The van der Waals surface area contributed by atoms with Crippen molar-refractivity contribution in [1.82, 2.24) is 15.4 Å². The first-order valence-corrected chi connectivity index (χ1v) is 10.2. The van der Waals surface area contributed by atoms with Crippen LogP contribution in [0.15, 0.2) is 10.6 Å². The highest BCUT2D eigenvalue weighted by atomic mass is 16.5. The molecule has 2 heterocycles. The number of ether oxygens (including phenoxy) is 1. The van der Waals surface area contributed by atoms with E-state index in [4.69, 9.17) is 9.26 Å². The van der Waals surface area contributed by atoms with Crippen LogP contribution in [0, 0.1) is 5.92 Å². The largest absolute Gasteiger partial charge is 0.379 e. The van der Waals surface area contributed by atoms with Crippen LogP contribution < -0.4 is 5.32 Å². The van der Waals surface area contributed by atoms with Crippen LogP contribution in [0.5, 0.6) is 0 Å². The molecule has 1 saturated heterocycles. The van der Waals surface area contributed by atoms with Gasteiger partial charge in [-0.3, -0.25) is 9.69 Å². The van der Waals surface area contributed by atoms with E-state index in [9.17, 15) is 4.79 Å². The second-order valence-electron chi connectivity index (χ2n) is 8.20. The second-order valence-corrected chi connectivity index (χ2v) is 8.20. The monoisotopic (exact) mass is 363 g/mol. The zero-order valence-electron chi connectivity index (χ0n) is 16.3. The number of carbonyl (C=O) groups is 1. The van der Waals surface area contributed by atoms with Crippen molar-refractivity contribution in [2.24, 2.45) is 5.92 Å². The lowest BCUT2D eigenvalue weighted by Crippen LogP contribution is -2.58. The summed E-state index contributed by atoms with van der Waals surface area (Å²) >= 11 is 0. The summed E-state index contributed by atoms with van der Waals surface area (Å²) < 4.78 is 10.8. The van der Waals surface area contributed by atoms with Gasteiger partial charge in [0.05, 0.1) is 18.9 Å². The van der Waals surface area contributed by atoms with E-state index in [1.54, 1.807) is 6.07 Å². The van der Waals surface area contributed by atoms with E-state index in [0.717, 1.165) is 51.3 Å². The van der Waals surface area contributed by atoms with Gasteiger partial charge in [-0.2, -0.15) is 0 Å². The van der Waals surface area contributed by atoms with E-state index in [2.05, 4.69) is 29.2 Å². The van der Waals surface area contributed by atoms with E-state index in [-0.39, 0.29) is 11.4 Å². The number of rotatable bonds is 6. The van der Waals surface area contributed by atoms with Gasteiger partial charge < -0.3 is 14.6 Å². The minimum atomic E-state index is -0.149. The van der Waals surface area contributed by atoms with Crippen LogP contribution in [0.2, 0.25) is 0 Å². The second kappa shape index (κ2) is 9.00. The molecule has 1 N–H and O–H groups in total. The Morgan fingerprint density at radius 1 is 1.23 bits per heavy atom. The van der Waals surface area contributed by atoms with Crippen LogP contribution in [0.25, 0.3) is 0 Å². The van der Waals surface area contributed by atoms with Crippen molar-refractivity contribution in [3.8, 4) is 0 Å². The van der Waals surface area contributed by atoms with E-state index in [1.165, 1.54) is 25.7 Å². The van der Waals surface area contributed by atoms with Crippen molar-refractivity contribution in [3.05, 3.63) is 17.5 Å². The third kappa shape index (κ3) is 4.86. The quantitative estimate of drug-likeness (QED) is 0.787. The minimum Gasteiger partial charge on any atom is -0.379 e. The van der Waals surface area contributed by atoms with Gasteiger partial charge in [0.25, 0.3) is 5.91 Å². The van der Waals surface area contributed by atoms with Crippen LogP contribution in [-0.4, -0.2) is 54.4 Å². The van der Waals surface area contributed by atoms with Gasteiger partial charge in [-0.25, -0.2) is 0 Å². The fraction of sp³-hybridized carbons (Fsp3) is 0.800. The number of amides is 1. The number of carbonyl (C=O) groups excluding carboxylic acids is 1. The Morgan fingerprint density at radius 3 is 2.58 bits per heavy atom. The smallest absolute Gasteiger partial charge is 0.289 e. The number of aromatic nitrogens is 1. The number of hydrogen-bond acceptors (Lipinski definition) is 5. The number of morpholine rings is 1. The highest BCUT2D eigenvalue weighted by molar-refractivity contribution is 5.91. The van der Waals surface area contributed by atoms with Crippen LogP contribution in [-0.2, 0) is 11.2 Å². The third-order valence-corrected chi connectivity index (χ3v) is 5.69. The van der Waals surface area contributed by atoms with Crippen LogP contribution in [0.1, 0.15) is 68.6 Å². The van der Waals surface area contributed by atoms with Crippen molar-refractivity contribution in [2.75, 3.05) is 32.8 Å². The number of nitrogens with zero attached hydrogens (tertiary/aromatic N) is 2. The maximum atomic E-state index is 12.6. The molecule has 2 aliphatic rings. The van der Waals surface area contributed by atoms with Gasteiger partial charge in [-0.05, 0) is 25.2 Å². The summed E-state index contributed by atoms with van der Waals surface area (Å²) in [6.07, 6.45) is 8.16. The summed E-state index contributed by atoms with van der Waals surface area (Å²) in [7, 11) is 0. The molecule has 0 spiro atoms. The molecule has 2 fully saturated rings. The summed E-state index contributed by atoms with van der Waals surface area (Å²) in [5.41, 5.74) is 0.902. The molecule has 1 aromatic heterocycles. The molecule has 0 bridgehead atoms. The molecule has 1 saturated carbocycles. The van der Waals surface area contributed by atoms with Crippen molar-refractivity contribution in [3.63, 3.8) is 0 Å². The first kappa shape index (κ1) is 19.4. The lowest BCUT2D eigenvalue weighted by atomic mass is 9.87. The Balaban J connectivity index is 1.64. The van der Waals surface area contributed by atoms with Crippen molar-refractivity contribution >= 4 is 5.91 Å². The van der Waals surface area contributed by atoms with Crippen LogP contribution >= 0.6 is 0 Å². The zero-order chi connectivity index (χ0) is 18.4. The molecule has 1 aliphatic carbocycles. The molecular weight excluding hydrogens is 330 g/mol. The van der Waals surface area contributed by atoms with Gasteiger partial charge in [0.15, 0.2) is 0 Å². The number of nitrogens with one attached hydrogen (secondary N) is 1. The molecule has 0 atom stereocenters. The lowest BCUT2D eigenvalue weighted by Gasteiger charge is -2.45. The van der Waals surface area contributed by atoms with Gasteiger partial charge in [-0.1, -0.05) is 44.7 Å². The predicted molar refractivity (Wildman–Crippen MR) is 100 cm³/mol. The molecule has 6 nitrogen and oxygen atoms in total. The molecule has 0 radical (unpaired) electrons. The Hall–Kier alpha value is -1.40. The lowest BCUT2D eigenvalue weighted by molar-refractivity contribution is -0.0282. The predicted octanol–water partition coefficient (Wildman–Crippen LogP) is 3.03. The maximum Gasteiger partial charge on any atom is 0.289 e. The highest BCUT2D eigenvalue weighted by Gasteiger charge is 2.38. The minimum absolute atomic E-state index is 0.0523.